The van der Waals surface area contributed by atoms with Crippen LogP contribution in [-0.2, 0) is 0 Å². The van der Waals surface area contributed by atoms with Crippen molar-refractivity contribution >= 4 is 11.6 Å². The summed E-state index contributed by atoms with van der Waals surface area (Å²) < 4.78 is 1.72. The van der Waals surface area contributed by atoms with Crippen molar-refractivity contribution in [2.75, 3.05) is 5.32 Å². The highest BCUT2D eigenvalue weighted by molar-refractivity contribution is 5.47. The van der Waals surface area contributed by atoms with Gasteiger partial charge in [-0.05, 0) is 31.9 Å². The van der Waals surface area contributed by atoms with Gasteiger partial charge in [0.2, 0.25) is 0 Å². The van der Waals surface area contributed by atoms with E-state index in [0.29, 0.717) is 5.78 Å². The van der Waals surface area contributed by atoms with E-state index in [0.717, 1.165) is 11.5 Å². The first-order chi connectivity index (χ1) is 9.65. The third-order valence-corrected chi connectivity index (χ3v) is 3.40. The first-order valence-corrected chi connectivity index (χ1v) is 6.64. The molecule has 1 N–H and O–H groups in total. The van der Waals surface area contributed by atoms with E-state index in [4.69, 9.17) is 0 Å². The van der Waals surface area contributed by atoms with Crippen molar-refractivity contribution in [3.05, 3.63) is 53.5 Å². The number of nitrogens with zero attached hydrogens (tertiary/aromatic N) is 4. The minimum Gasteiger partial charge on any atom is -0.363 e. The fourth-order valence-corrected chi connectivity index (χ4v) is 2.41. The standard InChI is InChI=1S/C15H17N5/c1-10-6-4-5-7-13(10)12(3)19-14-8-11(2)18-15-16-9-17-20(14)15/h4-9,12,19H,1-3H3. The summed E-state index contributed by atoms with van der Waals surface area (Å²) >= 11 is 0. The fourth-order valence-electron chi connectivity index (χ4n) is 2.41. The van der Waals surface area contributed by atoms with Gasteiger partial charge in [0.15, 0.2) is 0 Å². The molecule has 0 bridgehead atoms. The molecule has 2 aromatic heterocycles. The van der Waals surface area contributed by atoms with Crippen molar-refractivity contribution in [3.63, 3.8) is 0 Å². The molecular weight excluding hydrogens is 250 g/mol. The predicted molar refractivity (Wildman–Crippen MR) is 78.7 cm³/mol. The minimum absolute atomic E-state index is 0.186. The Bertz CT molecular complexity index is 747. The SMILES string of the molecule is Cc1cc(NC(C)c2ccccc2C)n2ncnc2n1. The Kier molecular flexibility index (Phi) is 3.10. The number of anilines is 1. The van der Waals surface area contributed by atoms with Gasteiger partial charge in [0.1, 0.15) is 12.1 Å². The van der Waals surface area contributed by atoms with E-state index in [1.807, 2.05) is 13.0 Å². The molecule has 5 heteroatoms. The molecule has 102 valence electrons. The van der Waals surface area contributed by atoms with Gasteiger partial charge in [0.25, 0.3) is 5.78 Å². The van der Waals surface area contributed by atoms with E-state index >= 15 is 0 Å². The zero-order valence-electron chi connectivity index (χ0n) is 11.8. The zero-order valence-corrected chi connectivity index (χ0v) is 11.8. The Labute approximate surface area is 117 Å². The Balaban J connectivity index is 1.97. The van der Waals surface area contributed by atoms with Crippen LogP contribution in [0.5, 0.6) is 0 Å². The van der Waals surface area contributed by atoms with Crippen LogP contribution in [0.4, 0.5) is 5.82 Å². The second-order valence-electron chi connectivity index (χ2n) is 4.98. The van der Waals surface area contributed by atoms with Crippen LogP contribution < -0.4 is 5.32 Å². The molecule has 0 saturated heterocycles. The van der Waals surface area contributed by atoms with Crippen LogP contribution in [0.3, 0.4) is 0 Å². The van der Waals surface area contributed by atoms with Crippen LogP contribution in [0.15, 0.2) is 36.7 Å². The van der Waals surface area contributed by atoms with Crippen molar-refractivity contribution in [3.8, 4) is 0 Å². The van der Waals surface area contributed by atoms with Crippen LogP contribution in [0, 0.1) is 13.8 Å². The average Bonchev–Trinajstić information content (AvgIpc) is 2.87. The lowest BCUT2D eigenvalue weighted by atomic mass is 10.0. The summed E-state index contributed by atoms with van der Waals surface area (Å²) in [5, 5.41) is 7.70. The molecule has 3 rings (SSSR count). The largest absolute Gasteiger partial charge is 0.363 e. The van der Waals surface area contributed by atoms with Crippen LogP contribution >= 0.6 is 0 Å². The van der Waals surface area contributed by atoms with E-state index in [1.54, 1.807) is 4.52 Å². The molecule has 5 nitrogen and oxygen atoms in total. The molecule has 0 aliphatic heterocycles. The normalized spacial score (nSPS) is 12.6. The summed E-state index contributed by atoms with van der Waals surface area (Å²) in [5.74, 6) is 1.52. The van der Waals surface area contributed by atoms with Crippen molar-refractivity contribution in [1.82, 2.24) is 19.6 Å². The summed E-state index contributed by atoms with van der Waals surface area (Å²) in [7, 11) is 0. The van der Waals surface area contributed by atoms with Crippen molar-refractivity contribution < 1.29 is 0 Å². The Morgan fingerprint density at radius 3 is 2.80 bits per heavy atom. The van der Waals surface area contributed by atoms with Gasteiger partial charge in [-0.15, -0.1) is 0 Å². The molecule has 0 saturated carbocycles. The summed E-state index contributed by atoms with van der Waals surface area (Å²) in [6.07, 6.45) is 1.52. The van der Waals surface area contributed by atoms with Gasteiger partial charge < -0.3 is 5.32 Å². The van der Waals surface area contributed by atoms with Gasteiger partial charge in [-0.3, -0.25) is 0 Å². The third-order valence-electron chi connectivity index (χ3n) is 3.40. The third kappa shape index (κ3) is 2.22. The molecule has 1 atom stereocenters. The summed E-state index contributed by atoms with van der Waals surface area (Å²) in [5.41, 5.74) is 3.47. The molecule has 20 heavy (non-hydrogen) atoms. The zero-order chi connectivity index (χ0) is 14.1. The number of fused-ring (bicyclic) bond motifs is 1. The van der Waals surface area contributed by atoms with Gasteiger partial charge in [-0.25, -0.2) is 4.98 Å². The quantitative estimate of drug-likeness (QED) is 0.792. The molecule has 0 spiro atoms. The van der Waals surface area contributed by atoms with Crippen LogP contribution in [0.2, 0.25) is 0 Å². The first kappa shape index (κ1) is 12.6. The van der Waals surface area contributed by atoms with Crippen LogP contribution in [0.25, 0.3) is 5.78 Å². The number of rotatable bonds is 3. The molecule has 3 aromatic rings. The second-order valence-corrected chi connectivity index (χ2v) is 4.98. The Hall–Kier alpha value is -2.43. The van der Waals surface area contributed by atoms with E-state index in [9.17, 15) is 0 Å². The molecule has 2 heterocycles. The minimum atomic E-state index is 0.186. The molecule has 0 aliphatic carbocycles. The smallest absolute Gasteiger partial charge is 0.254 e. The van der Waals surface area contributed by atoms with Gasteiger partial charge >= 0.3 is 0 Å². The Morgan fingerprint density at radius 1 is 1.20 bits per heavy atom. The van der Waals surface area contributed by atoms with Gasteiger partial charge in [-0.2, -0.15) is 14.6 Å². The molecule has 0 radical (unpaired) electrons. The number of hydrogen-bond donors (Lipinski definition) is 1. The highest BCUT2D eigenvalue weighted by Gasteiger charge is 2.11. The molecule has 0 amide bonds. The monoisotopic (exact) mass is 267 g/mol. The molecular formula is C15H17N5. The van der Waals surface area contributed by atoms with Crippen molar-refractivity contribution in [2.24, 2.45) is 0 Å². The molecule has 1 aromatic carbocycles. The maximum Gasteiger partial charge on any atom is 0.254 e. The lowest BCUT2D eigenvalue weighted by molar-refractivity contribution is 0.831. The van der Waals surface area contributed by atoms with Crippen molar-refractivity contribution in [1.29, 1.82) is 0 Å². The van der Waals surface area contributed by atoms with E-state index < -0.39 is 0 Å². The highest BCUT2D eigenvalue weighted by Crippen LogP contribution is 2.22. The molecule has 0 aliphatic rings. The number of benzene rings is 1. The maximum absolute atomic E-state index is 4.34. The average molecular weight is 267 g/mol. The lowest BCUT2D eigenvalue weighted by Gasteiger charge is -2.18. The summed E-state index contributed by atoms with van der Waals surface area (Å²) in [6, 6.07) is 10.5. The topological polar surface area (TPSA) is 55.1 Å². The maximum atomic E-state index is 4.34. The van der Waals surface area contributed by atoms with Gasteiger partial charge in [0.05, 0.1) is 6.04 Å². The highest BCUT2D eigenvalue weighted by atomic mass is 15.4. The number of aryl methyl sites for hydroxylation is 2. The summed E-state index contributed by atoms with van der Waals surface area (Å²) in [4.78, 5) is 8.48. The Morgan fingerprint density at radius 2 is 2.00 bits per heavy atom. The van der Waals surface area contributed by atoms with E-state index in [1.165, 1.54) is 17.5 Å². The van der Waals surface area contributed by atoms with Crippen LogP contribution in [0.1, 0.15) is 29.8 Å². The first-order valence-electron chi connectivity index (χ1n) is 6.64. The van der Waals surface area contributed by atoms with Gasteiger partial charge in [-0.1, -0.05) is 24.3 Å². The van der Waals surface area contributed by atoms with Gasteiger partial charge in [0, 0.05) is 11.8 Å². The molecule has 1 unspecified atom stereocenters. The summed E-state index contributed by atoms with van der Waals surface area (Å²) in [6.45, 7) is 6.22. The number of hydrogen-bond acceptors (Lipinski definition) is 4. The van der Waals surface area contributed by atoms with E-state index in [-0.39, 0.29) is 6.04 Å². The fraction of sp³-hybridized carbons (Fsp3) is 0.267. The van der Waals surface area contributed by atoms with Crippen LogP contribution in [-0.4, -0.2) is 19.6 Å². The number of aromatic nitrogens is 4. The number of nitrogens with one attached hydrogen (secondary N) is 1. The molecule has 0 fully saturated rings. The predicted octanol–water partition coefficient (Wildman–Crippen LogP) is 2.91. The second kappa shape index (κ2) is 4.92. The lowest BCUT2D eigenvalue weighted by Crippen LogP contribution is -2.12. The van der Waals surface area contributed by atoms with E-state index in [2.05, 4.69) is 58.5 Å². The van der Waals surface area contributed by atoms with Crippen molar-refractivity contribution in [2.45, 2.75) is 26.8 Å².